The molecule has 0 fully saturated rings. The number of benzene rings is 2. The van der Waals surface area contributed by atoms with Crippen molar-refractivity contribution >= 4 is 33.4 Å². The van der Waals surface area contributed by atoms with Crippen LogP contribution in [0.3, 0.4) is 0 Å². The summed E-state index contributed by atoms with van der Waals surface area (Å²) in [5.74, 6) is 0.632. The Morgan fingerprint density at radius 1 is 1.11 bits per heavy atom. The number of nitrogens with zero attached hydrogens (tertiary/aromatic N) is 1. The number of rotatable bonds is 10. The lowest BCUT2D eigenvalue weighted by Gasteiger charge is -2.22. The van der Waals surface area contributed by atoms with Gasteiger partial charge in [0, 0.05) is 12.3 Å². The van der Waals surface area contributed by atoms with Crippen LogP contribution in [0.25, 0.3) is 0 Å². The third-order valence-corrected chi connectivity index (χ3v) is 5.95. The number of nitrogens with one attached hydrogen (secondary N) is 1. The van der Waals surface area contributed by atoms with Crippen molar-refractivity contribution in [3.05, 3.63) is 66.0 Å². The smallest absolute Gasteiger partial charge is 0.240 e. The third-order valence-electron chi connectivity index (χ3n) is 3.71. The molecule has 0 radical (unpaired) electrons. The van der Waals surface area contributed by atoms with Crippen LogP contribution in [0.4, 0.5) is 10.1 Å². The first-order valence-electron chi connectivity index (χ1n) is 8.48. The summed E-state index contributed by atoms with van der Waals surface area (Å²) in [6.45, 7) is -0.00752. The summed E-state index contributed by atoms with van der Waals surface area (Å²) < 4.78 is 38.6. The Balaban J connectivity index is 1.77. The summed E-state index contributed by atoms with van der Waals surface area (Å²) in [6.07, 6.45) is 1.72. The number of anilines is 1. The van der Waals surface area contributed by atoms with Crippen LogP contribution in [-0.2, 0) is 20.6 Å². The number of thioether (sulfide) groups is 1. The lowest BCUT2D eigenvalue weighted by molar-refractivity contribution is -0.119. The highest BCUT2D eigenvalue weighted by atomic mass is 32.2. The first-order valence-corrected chi connectivity index (χ1v) is 11.5. The van der Waals surface area contributed by atoms with E-state index < -0.39 is 28.3 Å². The lowest BCUT2D eigenvalue weighted by Crippen LogP contribution is -2.41. The van der Waals surface area contributed by atoms with Crippen molar-refractivity contribution in [3.63, 3.8) is 0 Å². The van der Waals surface area contributed by atoms with Crippen molar-refractivity contribution in [3.8, 4) is 0 Å². The Hall–Kier alpha value is -2.06. The monoisotopic (exact) mass is 410 g/mol. The minimum Gasteiger partial charge on any atom is -0.354 e. The SMILES string of the molecule is CS(=O)(=O)N(CC(=O)NCCCSCc1ccccc1)c1ccccc1F. The third kappa shape index (κ3) is 7.22. The molecule has 1 amide bonds. The van der Waals surface area contributed by atoms with Gasteiger partial charge in [-0.25, -0.2) is 12.8 Å². The van der Waals surface area contributed by atoms with Gasteiger partial charge in [0.25, 0.3) is 0 Å². The minimum absolute atomic E-state index is 0.131. The summed E-state index contributed by atoms with van der Waals surface area (Å²) in [6, 6.07) is 15.6. The van der Waals surface area contributed by atoms with Gasteiger partial charge < -0.3 is 5.32 Å². The van der Waals surface area contributed by atoms with Gasteiger partial charge >= 0.3 is 0 Å². The molecule has 0 saturated carbocycles. The van der Waals surface area contributed by atoms with Gasteiger partial charge in [-0.05, 0) is 29.9 Å². The molecule has 1 N–H and O–H groups in total. The molecule has 2 aromatic rings. The predicted molar refractivity (Wildman–Crippen MR) is 109 cm³/mol. The van der Waals surface area contributed by atoms with Crippen molar-refractivity contribution in [2.24, 2.45) is 0 Å². The zero-order valence-corrected chi connectivity index (χ0v) is 16.7. The number of amides is 1. The van der Waals surface area contributed by atoms with Gasteiger partial charge in [-0.15, -0.1) is 0 Å². The van der Waals surface area contributed by atoms with Crippen LogP contribution in [0.2, 0.25) is 0 Å². The summed E-state index contributed by atoms with van der Waals surface area (Å²) in [7, 11) is -3.78. The molecular formula is C19H23FN2O3S2. The Labute approximate surface area is 164 Å². The maximum absolute atomic E-state index is 13.9. The Morgan fingerprint density at radius 2 is 1.78 bits per heavy atom. The van der Waals surface area contributed by atoms with Crippen molar-refractivity contribution in [2.45, 2.75) is 12.2 Å². The van der Waals surface area contributed by atoms with E-state index in [1.165, 1.54) is 23.8 Å². The summed E-state index contributed by atoms with van der Waals surface area (Å²) in [5.41, 5.74) is 1.12. The van der Waals surface area contributed by atoms with Gasteiger partial charge in [0.05, 0.1) is 11.9 Å². The van der Waals surface area contributed by atoms with E-state index in [0.29, 0.717) is 6.54 Å². The highest BCUT2D eigenvalue weighted by Gasteiger charge is 2.23. The summed E-state index contributed by atoms with van der Waals surface area (Å²) >= 11 is 1.77. The lowest BCUT2D eigenvalue weighted by atomic mass is 10.2. The number of carbonyl (C=O) groups excluding carboxylic acids is 1. The van der Waals surface area contributed by atoms with Crippen LogP contribution in [-0.4, -0.2) is 39.4 Å². The number of sulfonamides is 1. The van der Waals surface area contributed by atoms with Crippen LogP contribution in [0.15, 0.2) is 54.6 Å². The van der Waals surface area contributed by atoms with Gasteiger partial charge in [0.2, 0.25) is 15.9 Å². The molecule has 5 nitrogen and oxygen atoms in total. The molecule has 8 heteroatoms. The Morgan fingerprint density at radius 3 is 2.44 bits per heavy atom. The molecule has 146 valence electrons. The Kier molecular flexibility index (Phi) is 8.12. The molecule has 0 aliphatic carbocycles. The molecule has 0 bridgehead atoms. The molecular weight excluding hydrogens is 387 g/mol. The van der Waals surface area contributed by atoms with Crippen LogP contribution in [0, 0.1) is 5.82 Å². The molecule has 0 spiro atoms. The van der Waals surface area contributed by atoms with Crippen molar-refractivity contribution < 1.29 is 17.6 Å². The summed E-state index contributed by atoms with van der Waals surface area (Å²) in [5, 5.41) is 2.69. The zero-order chi connectivity index (χ0) is 19.7. The van der Waals surface area contributed by atoms with Crippen molar-refractivity contribution in [1.29, 1.82) is 0 Å². The largest absolute Gasteiger partial charge is 0.354 e. The molecule has 27 heavy (non-hydrogen) atoms. The van der Waals surface area contributed by atoms with Gasteiger partial charge in [-0.1, -0.05) is 42.5 Å². The van der Waals surface area contributed by atoms with E-state index in [4.69, 9.17) is 0 Å². The fraction of sp³-hybridized carbons (Fsp3) is 0.316. The second kappa shape index (κ2) is 10.3. The Bertz CT molecular complexity index is 845. The van der Waals surface area contributed by atoms with E-state index in [1.54, 1.807) is 11.8 Å². The topological polar surface area (TPSA) is 66.5 Å². The molecule has 0 aliphatic rings. The average Bonchev–Trinajstić information content (AvgIpc) is 2.63. The molecule has 0 atom stereocenters. The number of carbonyl (C=O) groups is 1. The van der Waals surface area contributed by atoms with E-state index in [-0.39, 0.29) is 5.69 Å². The number of hydrogen-bond donors (Lipinski definition) is 1. The zero-order valence-electron chi connectivity index (χ0n) is 15.1. The average molecular weight is 411 g/mol. The fourth-order valence-electron chi connectivity index (χ4n) is 2.39. The first-order chi connectivity index (χ1) is 12.9. The normalized spacial score (nSPS) is 11.2. The molecule has 0 heterocycles. The maximum Gasteiger partial charge on any atom is 0.240 e. The second-order valence-electron chi connectivity index (χ2n) is 5.96. The van der Waals surface area contributed by atoms with Crippen LogP contribution >= 0.6 is 11.8 Å². The van der Waals surface area contributed by atoms with E-state index in [2.05, 4.69) is 17.4 Å². The van der Waals surface area contributed by atoms with Crippen molar-refractivity contribution in [2.75, 3.05) is 29.4 Å². The number of halogens is 1. The highest BCUT2D eigenvalue weighted by Crippen LogP contribution is 2.21. The molecule has 0 aliphatic heterocycles. The number of hydrogen-bond acceptors (Lipinski definition) is 4. The fourth-order valence-corrected chi connectivity index (χ4v) is 4.17. The van der Waals surface area contributed by atoms with E-state index in [0.717, 1.165) is 34.6 Å². The molecule has 0 aromatic heterocycles. The van der Waals surface area contributed by atoms with Crippen LogP contribution < -0.4 is 9.62 Å². The molecule has 2 aromatic carbocycles. The maximum atomic E-state index is 13.9. The molecule has 0 unspecified atom stereocenters. The summed E-state index contributed by atoms with van der Waals surface area (Å²) in [4.78, 5) is 12.1. The molecule has 2 rings (SSSR count). The van der Waals surface area contributed by atoms with Gasteiger partial charge in [-0.2, -0.15) is 11.8 Å². The standard InChI is InChI=1S/C19H23FN2O3S2/c1-27(24,25)22(18-11-6-5-10-17(18)20)14-19(23)21-12-7-13-26-15-16-8-3-2-4-9-16/h2-6,8-11H,7,12-15H2,1H3,(H,21,23). The van der Waals surface area contributed by atoms with Gasteiger partial charge in [0.1, 0.15) is 12.4 Å². The van der Waals surface area contributed by atoms with E-state index in [9.17, 15) is 17.6 Å². The molecule has 0 saturated heterocycles. The van der Waals surface area contributed by atoms with Gasteiger partial charge in [-0.3, -0.25) is 9.10 Å². The van der Waals surface area contributed by atoms with Crippen LogP contribution in [0.5, 0.6) is 0 Å². The van der Waals surface area contributed by atoms with Gasteiger partial charge in [0.15, 0.2) is 0 Å². The predicted octanol–water partition coefficient (Wildman–Crippen LogP) is 3.03. The van der Waals surface area contributed by atoms with Crippen molar-refractivity contribution in [1.82, 2.24) is 5.32 Å². The minimum atomic E-state index is -3.78. The van der Waals surface area contributed by atoms with Crippen LogP contribution in [0.1, 0.15) is 12.0 Å². The van der Waals surface area contributed by atoms with E-state index >= 15 is 0 Å². The van der Waals surface area contributed by atoms with E-state index in [1.807, 2.05) is 18.2 Å². The quantitative estimate of drug-likeness (QED) is 0.612. The highest BCUT2D eigenvalue weighted by molar-refractivity contribution is 7.98. The second-order valence-corrected chi connectivity index (χ2v) is 8.97. The first kappa shape index (κ1) is 21.2. The number of para-hydroxylation sites is 1.